The summed E-state index contributed by atoms with van der Waals surface area (Å²) in [6.45, 7) is 0. The number of benzene rings is 2. The van der Waals surface area contributed by atoms with Gasteiger partial charge in [0.1, 0.15) is 11.3 Å². The van der Waals surface area contributed by atoms with Crippen molar-refractivity contribution >= 4 is 39.4 Å². The quantitative estimate of drug-likeness (QED) is 0.532. The standard InChI is InChI=1S/C18H14N4O3/c19-17(24)16-18(21-9-20-16)22-14(23)7-11-8-25-13-6-5-10-3-1-2-4-12(10)15(11)13/h1-6,8-9H,7H2,(H2,19,24)(H,20,21)(H,22,23). The van der Waals surface area contributed by atoms with Gasteiger partial charge in [-0.2, -0.15) is 0 Å². The molecule has 0 aliphatic heterocycles. The molecule has 0 bridgehead atoms. The van der Waals surface area contributed by atoms with E-state index in [2.05, 4.69) is 15.3 Å². The molecule has 124 valence electrons. The van der Waals surface area contributed by atoms with Gasteiger partial charge < -0.3 is 20.5 Å². The first-order valence-corrected chi connectivity index (χ1v) is 7.64. The van der Waals surface area contributed by atoms with E-state index in [-0.39, 0.29) is 23.8 Å². The van der Waals surface area contributed by atoms with Gasteiger partial charge in [0.15, 0.2) is 5.82 Å². The van der Waals surface area contributed by atoms with Gasteiger partial charge in [0, 0.05) is 10.9 Å². The number of amides is 2. The number of furan rings is 1. The second-order valence-electron chi connectivity index (χ2n) is 5.64. The van der Waals surface area contributed by atoms with Crippen LogP contribution in [0.4, 0.5) is 5.82 Å². The topological polar surface area (TPSA) is 114 Å². The number of aromatic nitrogens is 2. The molecule has 25 heavy (non-hydrogen) atoms. The van der Waals surface area contributed by atoms with Crippen molar-refractivity contribution in [2.24, 2.45) is 5.73 Å². The summed E-state index contributed by atoms with van der Waals surface area (Å²) in [7, 11) is 0. The maximum atomic E-state index is 12.4. The Morgan fingerprint density at radius 3 is 2.88 bits per heavy atom. The first-order chi connectivity index (χ1) is 12.1. The summed E-state index contributed by atoms with van der Waals surface area (Å²) >= 11 is 0. The van der Waals surface area contributed by atoms with E-state index in [1.165, 1.54) is 6.33 Å². The fraction of sp³-hybridized carbons (Fsp3) is 0.0556. The number of anilines is 1. The molecule has 2 aromatic carbocycles. The van der Waals surface area contributed by atoms with E-state index >= 15 is 0 Å². The lowest BCUT2D eigenvalue weighted by molar-refractivity contribution is -0.115. The Balaban J connectivity index is 1.66. The molecular formula is C18H14N4O3. The molecule has 4 aromatic rings. The van der Waals surface area contributed by atoms with E-state index in [0.717, 1.165) is 27.3 Å². The second-order valence-corrected chi connectivity index (χ2v) is 5.64. The van der Waals surface area contributed by atoms with Crippen LogP contribution in [-0.2, 0) is 11.2 Å². The van der Waals surface area contributed by atoms with Crippen LogP contribution in [0.5, 0.6) is 0 Å². The first-order valence-electron chi connectivity index (χ1n) is 7.64. The second kappa shape index (κ2) is 5.79. The highest BCUT2D eigenvalue weighted by atomic mass is 16.3. The maximum Gasteiger partial charge on any atom is 0.269 e. The number of imidazole rings is 1. The third-order valence-electron chi connectivity index (χ3n) is 4.03. The van der Waals surface area contributed by atoms with Crippen molar-refractivity contribution in [2.75, 3.05) is 5.32 Å². The van der Waals surface area contributed by atoms with Crippen LogP contribution < -0.4 is 11.1 Å². The van der Waals surface area contributed by atoms with Crippen LogP contribution in [0.1, 0.15) is 16.1 Å². The number of H-pyrrole nitrogens is 1. The number of fused-ring (bicyclic) bond motifs is 3. The Hall–Kier alpha value is -3.61. The van der Waals surface area contributed by atoms with Gasteiger partial charge in [-0.3, -0.25) is 9.59 Å². The number of carbonyl (C=O) groups excluding carboxylic acids is 2. The Morgan fingerprint density at radius 1 is 1.20 bits per heavy atom. The summed E-state index contributed by atoms with van der Waals surface area (Å²) in [6, 6.07) is 11.8. The summed E-state index contributed by atoms with van der Waals surface area (Å²) in [5.41, 5.74) is 6.78. The third-order valence-corrected chi connectivity index (χ3v) is 4.03. The number of carbonyl (C=O) groups is 2. The summed E-state index contributed by atoms with van der Waals surface area (Å²) in [5, 5.41) is 5.60. The highest BCUT2D eigenvalue weighted by Gasteiger charge is 2.17. The normalized spacial score (nSPS) is 11.0. The van der Waals surface area contributed by atoms with Gasteiger partial charge in [-0.25, -0.2) is 4.98 Å². The Labute approximate surface area is 141 Å². The lowest BCUT2D eigenvalue weighted by Gasteiger charge is -2.04. The number of nitrogens with zero attached hydrogens (tertiary/aromatic N) is 1. The van der Waals surface area contributed by atoms with Crippen LogP contribution in [-0.4, -0.2) is 21.8 Å². The number of aromatic amines is 1. The molecule has 0 fully saturated rings. The van der Waals surface area contributed by atoms with Crippen molar-refractivity contribution in [3.63, 3.8) is 0 Å². The molecule has 0 aliphatic carbocycles. The van der Waals surface area contributed by atoms with E-state index in [1.807, 2.05) is 36.4 Å². The summed E-state index contributed by atoms with van der Waals surface area (Å²) in [4.78, 5) is 30.2. The fourth-order valence-electron chi connectivity index (χ4n) is 2.93. The van der Waals surface area contributed by atoms with Crippen LogP contribution in [0.2, 0.25) is 0 Å². The number of primary amides is 1. The SMILES string of the molecule is NC(=O)c1[nH]cnc1NC(=O)Cc1coc2ccc3ccccc3c12. The Bertz CT molecular complexity index is 1110. The van der Waals surface area contributed by atoms with Gasteiger partial charge in [0.25, 0.3) is 5.91 Å². The van der Waals surface area contributed by atoms with Crippen LogP contribution in [0.3, 0.4) is 0 Å². The number of nitrogens with one attached hydrogen (secondary N) is 2. The van der Waals surface area contributed by atoms with Gasteiger partial charge in [-0.05, 0) is 16.8 Å². The lowest BCUT2D eigenvalue weighted by atomic mass is 10.0. The molecular weight excluding hydrogens is 320 g/mol. The predicted molar refractivity (Wildman–Crippen MR) is 93.2 cm³/mol. The molecule has 7 nitrogen and oxygen atoms in total. The largest absolute Gasteiger partial charge is 0.464 e. The van der Waals surface area contributed by atoms with Crippen LogP contribution in [0, 0.1) is 0 Å². The van der Waals surface area contributed by atoms with Gasteiger partial charge in [0.2, 0.25) is 5.91 Å². The minimum absolute atomic E-state index is 0.0656. The number of rotatable bonds is 4. The number of hydrogen-bond donors (Lipinski definition) is 3. The van der Waals surface area contributed by atoms with Crippen molar-refractivity contribution in [3.8, 4) is 0 Å². The average Bonchev–Trinajstić information content (AvgIpc) is 3.22. The molecule has 2 amide bonds. The average molecular weight is 334 g/mol. The van der Waals surface area contributed by atoms with Crippen LogP contribution in [0.15, 0.2) is 53.4 Å². The van der Waals surface area contributed by atoms with Crippen molar-refractivity contribution in [2.45, 2.75) is 6.42 Å². The lowest BCUT2D eigenvalue weighted by Crippen LogP contribution is -2.19. The molecule has 7 heteroatoms. The van der Waals surface area contributed by atoms with E-state index < -0.39 is 5.91 Å². The van der Waals surface area contributed by atoms with Crippen LogP contribution >= 0.6 is 0 Å². The molecule has 4 N–H and O–H groups in total. The minimum atomic E-state index is -0.687. The number of nitrogens with two attached hydrogens (primary N) is 1. The zero-order valence-electron chi connectivity index (χ0n) is 13.1. The highest BCUT2D eigenvalue weighted by molar-refractivity contribution is 6.09. The molecule has 2 heterocycles. The first kappa shape index (κ1) is 14.9. The van der Waals surface area contributed by atoms with Crippen LogP contribution in [0.25, 0.3) is 21.7 Å². The molecule has 0 saturated carbocycles. The van der Waals surface area contributed by atoms with E-state index in [0.29, 0.717) is 0 Å². The van der Waals surface area contributed by atoms with E-state index in [1.54, 1.807) is 6.26 Å². The molecule has 4 rings (SSSR count). The molecule has 0 unspecified atom stereocenters. The number of hydrogen-bond acceptors (Lipinski definition) is 4. The molecule has 0 radical (unpaired) electrons. The highest BCUT2D eigenvalue weighted by Crippen LogP contribution is 2.30. The summed E-state index contributed by atoms with van der Waals surface area (Å²) in [5.74, 6) is -0.882. The maximum absolute atomic E-state index is 12.4. The van der Waals surface area contributed by atoms with Crippen molar-refractivity contribution < 1.29 is 14.0 Å². The van der Waals surface area contributed by atoms with E-state index in [4.69, 9.17) is 10.2 Å². The van der Waals surface area contributed by atoms with Crippen molar-refractivity contribution in [1.82, 2.24) is 9.97 Å². The van der Waals surface area contributed by atoms with E-state index in [9.17, 15) is 9.59 Å². The smallest absolute Gasteiger partial charge is 0.269 e. The third kappa shape index (κ3) is 2.61. The Morgan fingerprint density at radius 2 is 2.04 bits per heavy atom. The summed E-state index contributed by atoms with van der Waals surface area (Å²) in [6.07, 6.45) is 2.97. The predicted octanol–water partition coefficient (Wildman–Crippen LogP) is 2.59. The van der Waals surface area contributed by atoms with Gasteiger partial charge in [-0.1, -0.05) is 30.3 Å². The minimum Gasteiger partial charge on any atom is -0.464 e. The summed E-state index contributed by atoms with van der Waals surface area (Å²) < 4.78 is 5.58. The zero-order chi connectivity index (χ0) is 17.4. The zero-order valence-corrected chi connectivity index (χ0v) is 13.1. The molecule has 0 saturated heterocycles. The molecule has 0 spiro atoms. The molecule has 0 aliphatic rings. The Kier molecular flexibility index (Phi) is 3.46. The molecule has 0 atom stereocenters. The van der Waals surface area contributed by atoms with Crippen molar-refractivity contribution in [1.29, 1.82) is 0 Å². The van der Waals surface area contributed by atoms with Gasteiger partial charge >= 0.3 is 0 Å². The van der Waals surface area contributed by atoms with Gasteiger partial charge in [-0.15, -0.1) is 0 Å². The van der Waals surface area contributed by atoms with Gasteiger partial charge in [0.05, 0.1) is 19.0 Å². The monoisotopic (exact) mass is 334 g/mol. The molecule has 2 aromatic heterocycles. The van der Waals surface area contributed by atoms with Crippen molar-refractivity contribution in [3.05, 3.63) is 60.2 Å². The fourth-order valence-corrected chi connectivity index (χ4v) is 2.93.